The van der Waals surface area contributed by atoms with Crippen LogP contribution >= 0.6 is 0 Å². The minimum Gasteiger partial charge on any atom is -0.225 e. The van der Waals surface area contributed by atoms with E-state index in [1.54, 1.807) is 0 Å². The molecule has 0 fully saturated rings. The van der Waals surface area contributed by atoms with E-state index in [-0.39, 0.29) is 12.6 Å². The van der Waals surface area contributed by atoms with Crippen molar-refractivity contribution in [3.05, 3.63) is 18.8 Å². The number of hydrogen-bond donors (Lipinski definition) is 0. The Bertz CT molecular complexity index is 120. The molecule has 0 aromatic heterocycles. The van der Waals surface area contributed by atoms with E-state index < -0.39 is 0 Å². The molecule has 0 bridgehead atoms. The second-order valence-corrected chi connectivity index (χ2v) is 1.77. The summed E-state index contributed by atoms with van der Waals surface area (Å²) in [5.74, 6) is 2.34. The first-order chi connectivity index (χ1) is 3.81. The Balaban J connectivity index is 3.41. The molecular formula is C6H8FSi. The van der Waals surface area contributed by atoms with E-state index in [1.165, 1.54) is 6.08 Å². The van der Waals surface area contributed by atoms with Gasteiger partial charge in [0.15, 0.2) is 0 Å². The standard InChI is InChI=1S/C6H8FSi/c1-2-3-6(7)4-5-8/h2H,1,3H2,8H3. The molecule has 2 heteroatoms. The van der Waals surface area contributed by atoms with Gasteiger partial charge in [0.25, 0.3) is 0 Å². The highest BCUT2D eigenvalue weighted by molar-refractivity contribution is 6.22. The van der Waals surface area contributed by atoms with Crippen molar-refractivity contribution in [2.75, 3.05) is 0 Å². The molecule has 0 unspecified atom stereocenters. The van der Waals surface area contributed by atoms with E-state index in [4.69, 9.17) is 0 Å². The van der Waals surface area contributed by atoms with Crippen LogP contribution in [0.5, 0.6) is 0 Å². The van der Waals surface area contributed by atoms with Gasteiger partial charge in [0.05, 0.1) is 10.2 Å². The molecule has 0 spiro atoms. The van der Waals surface area contributed by atoms with Crippen LogP contribution in [0.25, 0.3) is 0 Å². The first kappa shape index (κ1) is 7.45. The molecule has 1 radical (unpaired) electrons. The fourth-order valence-corrected chi connectivity index (χ4v) is 0.585. The van der Waals surface area contributed by atoms with E-state index in [2.05, 4.69) is 18.0 Å². The van der Waals surface area contributed by atoms with Crippen molar-refractivity contribution in [3.8, 4) is 11.5 Å². The monoisotopic (exact) mass is 127 g/mol. The molecule has 0 aliphatic heterocycles. The third-order valence-electron chi connectivity index (χ3n) is 0.584. The molecule has 0 aromatic rings. The Hall–Kier alpha value is -0.553. The van der Waals surface area contributed by atoms with E-state index in [9.17, 15) is 4.39 Å². The highest BCUT2D eigenvalue weighted by Gasteiger charge is 1.96. The van der Waals surface area contributed by atoms with E-state index in [0.717, 1.165) is 10.2 Å². The maximum atomic E-state index is 12.1. The predicted molar refractivity (Wildman–Crippen MR) is 36.9 cm³/mol. The third-order valence-corrected chi connectivity index (χ3v) is 0.834. The number of rotatable bonds is 2. The van der Waals surface area contributed by atoms with Crippen molar-refractivity contribution >= 4 is 10.2 Å². The van der Waals surface area contributed by atoms with Crippen LogP contribution < -0.4 is 0 Å². The van der Waals surface area contributed by atoms with Crippen LogP contribution in [0.4, 0.5) is 4.39 Å². The van der Waals surface area contributed by atoms with Crippen molar-refractivity contribution in [2.45, 2.75) is 6.42 Å². The van der Waals surface area contributed by atoms with Gasteiger partial charge in [0.2, 0.25) is 6.17 Å². The summed E-state index contributed by atoms with van der Waals surface area (Å²) in [7, 11) is 0.738. The average Bonchev–Trinajstić information content (AvgIpc) is 1.68. The van der Waals surface area contributed by atoms with Gasteiger partial charge in [-0.1, -0.05) is 12.0 Å². The topological polar surface area (TPSA) is 0 Å². The summed E-state index contributed by atoms with van der Waals surface area (Å²) in [6, 6.07) is 0. The second-order valence-electron chi connectivity index (χ2n) is 1.27. The Morgan fingerprint density at radius 1 is 1.88 bits per heavy atom. The van der Waals surface area contributed by atoms with E-state index >= 15 is 0 Å². The van der Waals surface area contributed by atoms with Gasteiger partial charge >= 0.3 is 0 Å². The van der Waals surface area contributed by atoms with Gasteiger partial charge in [-0.25, -0.2) is 4.39 Å². The molecule has 0 amide bonds. The normalized spacial score (nSPS) is 8.25. The van der Waals surface area contributed by atoms with E-state index in [1.807, 2.05) is 0 Å². The van der Waals surface area contributed by atoms with Gasteiger partial charge in [-0.05, 0) is 0 Å². The van der Waals surface area contributed by atoms with Crippen molar-refractivity contribution in [1.82, 2.24) is 0 Å². The molecule has 0 aliphatic carbocycles. The second kappa shape index (κ2) is 4.60. The fourth-order valence-electron chi connectivity index (χ4n) is 0.313. The summed E-state index contributed by atoms with van der Waals surface area (Å²) < 4.78 is 12.1. The number of halogens is 1. The van der Waals surface area contributed by atoms with Crippen LogP contribution in [0.3, 0.4) is 0 Å². The Morgan fingerprint density at radius 3 is 2.88 bits per heavy atom. The lowest BCUT2D eigenvalue weighted by molar-refractivity contribution is 0.543. The van der Waals surface area contributed by atoms with Crippen molar-refractivity contribution < 1.29 is 4.39 Å². The SMILES string of the molecule is C=CC[C](F)C#C[SiH3]. The smallest absolute Gasteiger partial charge is 0.218 e. The van der Waals surface area contributed by atoms with Crippen molar-refractivity contribution in [2.24, 2.45) is 0 Å². The van der Waals surface area contributed by atoms with Crippen LogP contribution in [0.15, 0.2) is 12.7 Å². The summed E-state index contributed by atoms with van der Waals surface area (Å²) in [4.78, 5) is 0. The highest BCUT2D eigenvalue weighted by atomic mass is 28.1. The van der Waals surface area contributed by atoms with E-state index in [0.29, 0.717) is 0 Å². The summed E-state index contributed by atoms with van der Waals surface area (Å²) in [5.41, 5.74) is 2.58. The number of hydrogen-bond acceptors (Lipinski definition) is 0. The van der Waals surface area contributed by atoms with Gasteiger partial charge in [-0.2, -0.15) is 0 Å². The fraction of sp³-hybridized carbons (Fsp3) is 0.167. The molecule has 43 valence electrons. The van der Waals surface area contributed by atoms with Crippen LogP contribution in [-0.4, -0.2) is 10.2 Å². The quantitative estimate of drug-likeness (QED) is 0.286. The van der Waals surface area contributed by atoms with Gasteiger partial charge in [-0.3, -0.25) is 0 Å². The third kappa shape index (κ3) is 3.63. The molecule has 0 saturated heterocycles. The lowest BCUT2D eigenvalue weighted by Gasteiger charge is -1.87. The molecule has 0 nitrogen and oxygen atoms in total. The predicted octanol–water partition coefficient (Wildman–Crippen LogP) is 0.390. The lowest BCUT2D eigenvalue weighted by Crippen LogP contribution is -1.79. The first-order valence-corrected chi connectivity index (χ1v) is 3.36. The molecule has 0 rings (SSSR count). The first-order valence-electron chi connectivity index (χ1n) is 2.36. The Kier molecular flexibility index (Phi) is 4.28. The Labute approximate surface area is 52.2 Å². The van der Waals surface area contributed by atoms with Gasteiger partial charge in [0.1, 0.15) is 0 Å². The largest absolute Gasteiger partial charge is 0.225 e. The zero-order valence-electron chi connectivity index (χ0n) is 4.87. The van der Waals surface area contributed by atoms with Gasteiger partial charge in [-0.15, -0.1) is 12.1 Å². The molecule has 0 aromatic carbocycles. The Morgan fingerprint density at radius 2 is 2.50 bits per heavy atom. The zero-order chi connectivity index (χ0) is 6.41. The van der Waals surface area contributed by atoms with Crippen molar-refractivity contribution in [1.29, 1.82) is 0 Å². The van der Waals surface area contributed by atoms with Crippen LogP contribution in [-0.2, 0) is 0 Å². The van der Waals surface area contributed by atoms with Crippen molar-refractivity contribution in [3.63, 3.8) is 0 Å². The van der Waals surface area contributed by atoms with Gasteiger partial charge in [0, 0.05) is 6.42 Å². The maximum absolute atomic E-state index is 12.1. The summed E-state index contributed by atoms with van der Waals surface area (Å²) in [6.45, 7) is 3.37. The lowest BCUT2D eigenvalue weighted by atomic mass is 10.3. The maximum Gasteiger partial charge on any atom is 0.218 e. The van der Waals surface area contributed by atoms with Crippen LogP contribution in [0, 0.1) is 17.6 Å². The zero-order valence-corrected chi connectivity index (χ0v) is 6.87. The molecular weight excluding hydrogens is 119 g/mol. The van der Waals surface area contributed by atoms with Gasteiger partial charge < -0.3 is 0 Å². The summed E-state index contributed by atoms with van der Waals surface area (Å²) in [6.07, 6.45) is 1.49. The molecule has 0 atom stereocenters. The average molecular weight is 127 g/mol. The highest BCUT2D eigenvalue weighted by Crippen LogP contribution is 2.04. The minimum absolute atomic E-state index is 0.273. The minimum atomic E-state index is -0.282. The van der Waals surface area contributed by atoms with Crippen LogP contribution in [0.1, 0.15) is 6.42 Å². The molecule has 0 N–H and O–H groups in total. The molecule has 0 aliphatic rings. The number of allylic oxidation sites excluding steroid dienone is 1. The molecule has 8 heavy (non-hydrogen) atoms. The molecule has 0 saturated carbocycles. The summed E-state index contributed by atoms with van der Waals surface area (Å²) >= 11 is 0. The summed E-state index contributed by atoms with van der Waals surface area (Å²) in [5, 5.41) is 0. The molecule has 0 heterocycles. The van der Waals surface area contributed by atoms with Crippen LogP contribution in [0.2, 0.25) is 0 Å².